The van der Waals surface area contributed by atoms with Crippen molar-refractivity contribution in [2.24, 2.45) is 5.92 Å². The normalized spacial score (nSPS) is 13.9. The third-order valence-electron chi connectivity index (χ3n) is 3.51. The molecule has 0 spiro atoms. The van der Waals surface area contributed by atoms with Crippen molar-refractivity contribution in [2.45, 2.75) is 72.1 Å². The van der Waals surface area contributed by atoms with Gasteiger partial charge in [0, 0.05) is 9.75 Å². The second kappa shape index (κ2) is 6.70. The Morgan fingerprint density at radius 1 is 1.28 bits per heavy atom. The molecule has 0 saturated heterocycles. The highest BCUT2D eigenvalue weighted by atomic mass is 32.1. The van der Waals surface area contributed by atoms with Crippen molar-refractivity contribution in [2.75, 3.05) is 0 Å². The quantitative estimate of drug-likeness (QED) is 0.599. The Labute approximate surface area is 116 Å². The van der Waals surface area contributed by atoms with Gasteiger partial charge in [0.15, 0.2) is 0 Å². The van der Waals surface area contributed by atoms with Gasteiger partial charge in [-0.1, -0.05) is 60.3 Å². The summed E-state index contributed by atoms with van der Waals surface area (Å²) in [6.45, 7) is 10.9. The largest absolute Gasteiger partial charge is 0.206 e. The third-order valence-corrected chi connectivity index (χ3v) is 5.07. The summed E-state index contributed by atoms with van der Waals surface area (Å²) >= 11 is 1.67. The SMILES string of the molecule is CCCCC(CC)Cc1sc(C(C)(C)C)cc1F. The summed E-state index contributed by atoms with van der Waals surface area (Å²) in [7, 11) is 0. The van der Waals surface area contributed by atoms with Crippen LogP contribution in [-0.2, 0) is 11.8 Å². The van der Waals surface area contributed by atoms with Crippen LogP contribution >= 0.6 is 11.3 Å². The molecule has 18 heavy (non-hydrogen) atoms. The summed E-state index contributed by atoms with van der Waals surface area (Å²) in [4.78, 5) is 2.13. The molecule has 0 bridgehead atoms. The van der Waals surface area contributed by atoms with Crippen molar-refractivity contribution < 1.29 is 4.39 Å². The lowest BCUT2D eigenvalue weighted by Crippen LogP contribution is -2.08. The van der Waals surface area contributed by atoms with Gasteiger partial charge in [-0.05, 0) is 23.8 Å². The van der Waals surface area contributed by atoms with Crippen molar-refractivity contribution in [3.63, 3.8) is 0 Å². The second-order valence-corrected chi connectivity index (χ2v) is 7.39. The highest BCUT2D eigenvalue weighted by Gasteiger charge is 2.21. The van der Waals surface area contributed by atoms with Crippen molar-refractivity contribution in [1.29, 1.82) is 0 Å². The molecule has 0 N–H and O–H groups in total. The van der Waals surface area contributed by atoms with E-state index in [0.29, 0.717) is 5.92 Å². The summed E-state index contributed by atoms with van der Waals surface area (Å²) in [6.07, 6.45) is 5.80. The Hall–Kier alpha value is -0.370. The van der Waals surface area contributed by atoms with Crippen molar-refractivity contribution in [1.82, 2.24) is 0 Å². The van der Waals surface area contributed by atoms with Crippen LogP contribution in [0.5, 0.6) is 0 Å². The molecule has 0 aliphatic carbocycles. The van der Waals surface area contributed by atoms with Crippen LogP contribution in [0.4, 0.5) is 4.39 Å². The topological polar surface area (TPSA) is 0 Å². The van der Waals surface area contributed by atoms with Crippen molar-refractivity contribution >= 4 is 11.3 Å². The standard InChI is InChI=1S/C16H27FS/c1-6-8-9-12(7-2)10-14-13(17)11-15(18-14)16(3,4)5/h11-12H,6-10H2,1-5H3. The van der Waals surface area contributed by atoms with Crippen LogP contribution in [0.25, 0.3) is 0 Å². The average molecular weight is 270 g/mol. The minimum atomic E-state index is 0.0138. The van der Waals surface area contributed by atoms with Crippen molar-refractivity contribution in [3.8, 4) is 0 Å². The number of unbranched alkanes of at least 4 members (excludes halogenated alkanes) is 1. The first kappa shape index (κ1) is 15.7. The summed E-state index contributed by atoms with van der Waals surface area (Å²) in [5.41, 5.74) is 0.0644. The summed E-state index contributed by atoms with van der Waals surface area (Å²) < 4.78 is 14.0. The first-order valence-corrected chi connectivity index (χ1v) is 7.98. The van der Waals surface area contributed by atoms with E-state index in [0.717, 1.165) is 17.7 Å². The molecule has 0 aromatic carbocycles. The van der Waals surface area contributed by atoms with Gasteiger partial charge in [-0.3, -0.25) is 0 Å². The zero-order valence-electron chi connectivity index (χ0n) is 12.5. The smallest absolute Gasteiger partial charge is 0.137 e. The zero-order valence-corrected chi connectivity index (χ0v) is 13.3. The van der Waals surface area contributed by atoms with E-state index in [1.807, 2.05) is 0 Å². The minimum Gasteiger partial charge on any atom is -0.206 e. The fourth-order valence-electron chi connectivity index (χ4n) is 2.12. The number of hydrogen-bond donors (Lipinski definition) is 0. The van der Waals surface area contributed by atoms with E-state index in [4.69, 9.17) is 0 Å². The van der Waals surface area contributed by atoms with Gasteiger partial charge in [0.05, 0.1) is 0 Å². The molecule has 0 amide bonds. The predicted molar refractivity (Wildman–Crippen MR) is 80.0 cm³/mol. The first-order chi connectivity index (χ1) is 8.38. The van der Waals surface area contributed by atoms with Gasteiger partial charge in [-0.25, -0.2) is 4.39 Å². The fraction of sp³-hybridized carbons (Fsp3) is 0.750. The fourth-order valence-corrected chi connectivity index (χ4v) is 3.33. The Kier molecular flexibility index (Phi) is 5.84. The molecule has 0 aliphatic heterocycles. The summed E-state index contributed by atoms with van der Waals surface area (Å²) in [5, 5.41) is 0. The Morgan fingerprint density at radius 2 is 1.94 bits per heavy atom. The highest BCUT2D eigenvalue weighted by Crippen LogP contribution is 2.34. The van der Waals surface area contributed by atoms with Crippen LogP contribution in [0.2, 0.25) is 0 Å². The lowest BCUT2D eigenvalue weighted by molar-refractivity contribution is 0.444. The van der Waals surface area contributed by atoms with Gasteiger partial charge in [0.25, 0.3) is 0 Å². The van der Waals surface area contributed by atoms with E-state index in [9.17, 15) is 4.39 Å². The van der Waals surface area contributed by atoms with E-state index >= 15 is 0 Å². The molecule has 0 aliphatic rings. The number of thiophene rings is 1. The molecule has 1 rings (SSSR count). The molecule has 1 unspecified atom stereocenters. The zero-order chi connectivity index (χ0) is 13.8. The van der Waals surface area contributed by atoms with Gasteiger partial charge in [0.1, 0.15) is 5.82 Å². The molecular weight excluding hydrogens is 243 g/mol. The Balaban J connectivity index is 2.74. The average Bonchev–Trinajstić information content (AvgIpc) is 2.66. The summed E-state index contributed by atoms with van der Waals surface area (Å²) in [5.74, 6) is 0.658. The monoisotopic (exact) mass is 270 g/mol. The van der Waals surface area contributed by atoms with Gasteiger partial charge in [-0.2, -0.15) is 0 Å². The van der Waals surface area contributed by atoms with Crippen LogP contribution in [-0.4, -0.2) is 0 Å². The van der Waals surface area contributed by atoms with Gasteiger partial charge >= 0.3 is 0 Å². The maximum absolute atomic E-state index is 14.0. The molecule has 104 valence electrons. The maximum atomic E-state index is 14.0. The predicted octanol–water partition coefficient (Wildman–Crippen LogP) is 5.94. The van der Waals surface area contributed by atoms with E-state index in [1.165, 1.54) is 24.1 Å². The van der Waals surface area contributed by atoms with Gasteiger partial charge in [0.2, 0.25) is 0 Å². The van der Waals surface area contributed by atoms with Crippen LogP contribution < -0.4 is 0 Å². The molecular formula is C16H27FS. The Bertz CT molecular complexity index is 360. The van der Waals surface area contributed by atoms with E-state index < -0.39 is 0 Å². The van der Waals surface area contributed by atoms with E-state index in [-0.39, 0.29) is 11.2 Å². The molecule has 0 fully saturated rings. The molecule has 1 atom stereocenters. The van der Waals surface area contributed by atoms with Crippen LogP contribution in [0.1, 0.15) is 70.1 Å². The third kappa shape index (κ3) is 4.38. The Morgan fingerprint density at radius 3 is 2.39 bits per heavy atom. The number of rotatable bonds is 6. The molecule has 0 radical (unpaired) electrons. The molecule has 2 heteroatoms. The maximum Gasteiger partial charge on any atom is 0.137 e. The lowest BCUT2D eigenvalue weighted by Gasteiger charge is -2.15. The first-order valence-electron chi connectivity index (χ1n) is 7.17. The number of hydrogen-bond acceptors (Lipinski definition) is 1. The van der Waals surface area contributed by atoms with E-state index in [2.05, 4.69) is 34.6 Å². The lowest BCUT2D eigenvalue weighted by atomic mass is 9.94. The van der Waals surface area contributed by atoms with Gasteiger partial charge in [-0.15, -0.1) is 11.3 Å². The second-order valence-electron chi connectivity index (χ2n) is 6.25. The molecule has 1 aromatic heterocycles. The van der Waals surface area contributed by atoms with Crippen molar-refractivity contribution in [3.05, 3.63) is 21.6 Å². The minimum absolute atomic E-state index is 0.0138. The molecule has 1 aromatic rings. The molecule has 0 saturated carbocycles. The van der Waals surface area contributed by atoms with E-state index in [1.54, 1.807) is 17.4 Å². The highest BCUT2D eigenvalue weighted by molar-refractivity contribution is 7.12. The van der Waals surface area contributed by atoms with Gasteiger partial charge < -0.3 is 0 Å². The van der Waals surface area contributed by atoms with Crippen LogP contribution in [0, 0.1) is 11.7 Å². The number of halogens is 1. The van der Waals surface area contributed by atoms with Crippen LogP contribution in [0.15, 0.2) is 6.07 Å². The van der Waals surface area contributed by atoms with Crippen LogP contribution in [0.3, 0.4) is 0 Å². The molecule has 1 heterocycles. The summed E-state index contributed by atoms with van der Waals surface area (Å²) in [6, 6.07) is 1.74. The molecule has 0 nitrogen and oxygen atoms in total.